The summed E-state index contributed by atoms with van der Waals surface area (Å²) in [7, 11) is -1.30. The lowest BCUT2D eigenvalue weighted by molar-refractivity contribution is -0.141. The van der Waals surface area contributed by atoms with Crippen molar-refractivity contribution in [3.63, 3.8) is 0 Å². The van der Waals surface area contributed by atoms with Crippen molar-refractivity contribution in [3.8, 4) is 0 Å². The average molecular weight is 415 g/mol. The van der Waals surface area contributed by atoms with Gasteiger partial charge in [0.15, 0.2) is 0 Å². The van der Waals surface area contributed by atoms with E-state index in [9.17, 15) is 18.0 Å². The molecule has 29 heavy (non-hydrogen) atoms. The fraction of sp³-hybridized carbons (Fsp3) is 0.238. The highest BCUT2D eigenvalue weighted by Crippen LogP contribution is 2.43. The number of carbonyl (C=O) groups is 2. The summed E-state index contributed by atoms with van der Waals surface area (Å²) in [4.78, 5) is 23.4. The molecular formula is C21H21NO6S. The molecular weight excluding hydrogens is 394 g/mol. The summed E-state index contributed by atoms with van der Waals surface area (Å²) in [5.41, 5.74) is 1.88. The molecule has 0 unspecified atom stereocenters. The summed E-state index contributed by atoms with van der Waals surface area (Å²) < 4.78 is 37.2. The molecule has 0 aromatic heterocycles. The van der Waals surface area contributed by atoms with Crippen molar-refractivity contribution in [2.24, 2.45) is 0 Å². The van der Waals surface area contributed by atoms with Crippen molar-refractivity contribution in [2.75, 3.05) is 14.2 Å². The van der Waals surface area contributed by atoms with Gasteiger partial charge in [0, 0.05) is 12.6 Å². The van der Waals surface area contributed by atoms with Crippen LogP contribution in [-0.4, -0.2) is 38.9 Å². The lowest BCUT2D eigenvalue weighted by Crippen LogP contribution is -2.29. The number of nitrogens with zero attached hydrogens (tertiary/aromatic N) is 1. The maximum absolute atomic E-state index is 13.3. The van der Waals surface area contributed by atoms with Crippen LogP contribution in [0.3, 0.4) is 0 Å². The summed E-state index contributed by atoms with van der Waals surface area (Å²) in [5, 5.41) is 0. The quantitative estimate of drug-likeness (QED) is 0.532. The van der Waals surface area contributed by atoms with Gasteiger partial charge in [0.1, 0.15) is 0 Å². The third-order valence-corrected chi connectivity index (χ3v) is 6.62. The summed E-state index contributed by atoms with van der Waals surface area (Å²) in [6, 6.07) is 13.4. The van der Waals surface area contributed by atoms with Crippen LogP contribution in [0.25, 0.3) is 6.08 Å². The predicted octanol–water partition coefficient (Wildman–Crippen LogP) is 2.68. The third-order valence-electron chi connectivity index (χ3n) is 4.71. The van der Waals surface area contributed by atoms with E-state index in [1.807, 2.05) is 30.3 Å². The summed E-state index contributed by atoms with van der Waals surface area (Å²) in [6.45, 7) is 0.132. The van der Waals surface area contributed by atoms with Crippen molar-refractivity contribution in [1.29, 1.82) is 0 Å². The molecule has 1 aliphatic heterocycles. The maximum Gasteiger partial charge on any atom is 0.330 e. The molecule has 1 heterocycles. The lowest BCUT2D eigenvalue weighted by Gasteiger charge is -2.22. The number of methoxy groups -OCH3 is 2. The first-order valence-corrected chi connectivity index (χ1v) is 10.3. The van der Waals surface area contributed by atoms with E-state index in [1.165, 1.54) is 36.7 Å². The number of esters is 2. The van der Waals surface area contributed by atoms with Crippen LogP contribution in [0.2, 0.25) is 0 Å². The van der Waals surface area contributed by atoms with Gasteiger partial charge in [-0.1, -0.05) is 42.5 Å². The summed E-state index contributed by atoms with van der Waals surface area (Å²) in [6.07, 6.45) is 2.61. The number of hydrogen-bond acceptors (Lipinski definition) is 6. The Morgan fingerprint density at radius 1 is 1.07 bits per heavy atom. The van der Waals surface area contributed by atoms with Crippen LogP contribution in [0, 0.1) is 0 Å². The normalized spacial score (nSPS) is 17.8. The molecule has 0 bridgehead atoms. The molecule has 152 valence electrons. The van der Waals surface area contributed by atoms with E-state index >= 15 is 0 Å². The monoisotopic (exact) mass is 415 g/mol. The number of carbonyl (C=O) groups excluding carboxylic acids is 2. The van der Waals surface area contributed by atoms with E-state index in [0.717, 1.165) is 5.56 Å². The Morgan fingerprint density at radius 3 is 2.45 bits per heavy atom. The van der Waals surface area contributed by atoms with E-state index in [0.29, 0.717) is 11.1 Å². The molecule has 0 amide bonds. The van der Waals surface area contributed by atoms with Gasteiger partial charge >= 0.3 is 11.9 Å². The number of hydrogen-bond donors (Lipinski definition) is 0. The Balaban J connectivity index is 2.03. The second kappa shape index (κ2) is 8.59. The average Bonchev–Trinajstić information content (AvgIpc) is 2.93. The fourth-order valence-corrected chi connectivity index (χ4v) is 5.13. The van der Waals surface area contributed by atoms with Crippen LogP contribution in [0.5, 0.6) is 0 Å². The zero-order chi connectivity index (χ0) is 21.0. The smallest absolute Gasteiger partial charge is 0.330 e. The van der Waals surface area contributed by atoms with Gasteiger partial charge < -0.3 is 9.47 Å². The zero-order valence-corrected chi connectivity index (χ0v) is 16.9. The number of ether oxygens (including phenoxy) is 2. The van der Waals surface area contributed by atoms with E-state index in [-0.39, 0.29) is 17.9 Å². The lowest BCUT2D eigenvalue weighted by atomic mass is 10.0. The van der Waals surface area contributed by atoms with E-state index in [4.69, 9.17) is 4.74 Å². The Hall–Kier alpha value is -2.97. The highest BCUT2D eigenvalue weighted by molar-refractivity contribution is 7.89. The second-order valence-corrected chi connectivity index (χ2v) is 8.34. The van der Waals surface area contributed by atoms with Crippen molar-refractivity contribution in [3.05, 3.63) is 71.3 Å². The molecule has 1 aliphatic rings. The molecule has 0 N–H and O–H groups in total. The highest BCUT2D eigenvalue weighted by Gasteiger charge is 2.43. The van der Waals surface area contributed by atoms with Crippen LogP contribution in [0.1, 0.15) is 29.2 Å². The predicted molar refractivity (Wildman–Crippen MR) is 106 cm³/mol. The van der Waals surface area contributed by atoms with Crippen molar-refractivity contribution < 1.29 is 27.5 Å². The molecule has 2 aromatic rings. The molecule has 0 saturated carbocycles. The first-order valence-electron chi connectivity index (χ1n) is 8.89. The molecule has 0 spiro atoms. The number of benzene rings is 2. The Labute approximate surface area is 169 Å². The molecule has 3 rings (SSSR count). The number of fused-ring (bicyclic) bond motifs is 1. The van der Waals surface area contributed by atoms with Crippen LogP contribution in [0.4, 0.5) is 0 Å². The number of rotatable bonds is 6. The maximum atomic E-state index is 13.3. The minimum atomic E-state index is -3.84. The summed E-state index contributed by atoms with van der Waals surface area (Å²) in [5.74, 6) is -1.03. The van der Waals surface area contributed by atoms with E-state index in [1.54, 1.807) is 12.1 Å². The first kappa shape index (κ1) is 20.8. The molecule has 1 atom stereocenters. The minimum Gasteiger partial charge on any atom is -0.469 e. The van der Waals surface area contributed by atoms with Gasteiger partial charge in [-0.3, -0.25) is 4.79 Å². The van der Waals surface area contributed by atoms with Crippen LogP contribution in [0.15, 0.2) is 59.5 Å². The standard InChI is InChI=1S/C21H21NO6S/c1-27-20(23)11-9-15-8-10-17-18(13-21(24)28-2)22(29(25,26)19(17)12-15)14-16-6-4-3-5-7-16/h3-12,18H,13-14H2,1-2H3/b11-9+/t18-/m0/s1. The van der Waals surface area contributed by atoms with Crippen molar-refractivity contribution >= 4 is 28.0 Å². The molecule has 0 fully saturated rings. The molecule has 7 nitrogen and oxygen atoms in total. The van der Waals surface area contributed by atoms with Crippen molar-refractivity contribution in [1.82, 2.24) is 4.31 Å². The molecule has 2 aromatic carbocycles. The topological polar surface area (TPSA) is 90.0 Å². The molecule has 8 heteroatoms. The molecule has 0 radical (unpaired) electrons. The largest absolute Gasteiger partial charge is 0.469 e. The number of sulfonamides is 1. The Morgan fingerprint density at radius 2 is 1.79 bits per heavy atom. The SMILES string of the molecule is COC(=O)/C=C/c1ccc2c(c1)S(=O)(=O)N(Cc1ccccc1)[C@H]2CC(=O)OC. The van der Waals surface area contributed by atoms with Crippen LogP contribution < -0.4 is 0 Å². The summed E-state index contributed by atoms with van der Waals surface area (Å²) >= 11 is 0. The van der Waals surface area contributed by atoms with E-state index in [2.05, 4.69) is 4.74 Å². The van der Waals surface area contributed by atoms with Gasteiger partial charge in [0.25, 0.3) is 0 Å². The minimum absolute atomic E-state index is 0.0904. The Bertz CT molecular complexity index is 1050. The van der Waals surface area contributed by atoms with Gasteiger partial charge in [0.2, 0.25) is 10.0 Å². The fourth-order valence-electron chi connectivity index (χ4n) is 3.25. The van der Waals surface area contributed by atoms with E-state index < -0.39 is 28.0 Å². The van der Waals surface area contributed by atoms with Gasteiger partial charge in [-0.05, 0) is 28.8 Å². The zero-order valence-electron chi connectivity index (χ0n) is 16.1. The van der Waals surface area contributed by atoms with Gasteiger partial charge in [-0.2, -0.15) is 4.31 Å². The Kier molecular flexibility index (Phi) is 6.14. The third kappa shape index (κ3) is 4.38. The van der Waals surface area contributed by atoms with Crippen molar-refractivity contribution in [2.45, 2.75) is 23.9 Å². The van der Waals surface area contributed by atoms with Crippen LogP contribution in [-0.2, 0) is 35.6 Å². The van der Waals surface area contributed by atoms with Crippen LogP contribution >= 0.6 is 0 Å². The van der Waals surface area contributed by atoms with Gasteiger partial charge in [-0.25, -0.2) is 13.2 Å². The molecule has 0 saturated heterocycles. The first-order chi connectivity index (χ1) is 13.9. The second-order valence-electron chi connectivity index (χ2n) is 6.49. The highest BCUT2D eigenvalue weighted by atomic mass is 32.2. The van der Waals surface area contributed by atoms with Gasteiger partial charge in [-0.15, -0.1) is 0 Å². The molecule has 0 aliphatic carbocycles. The van der Waals surface area contributed by atoms with Gasteiger partial charge in [0.05, 0.1) is 31.6 Å².